The van der Waals surface area contributed by atoms with Gasteiger partial charge in [-0.2, -0.15) is 50.2 Å². The van der Waals surface area contributed by atoms with Crippen molar-refractivity contribution in [3.05, 3.63) is 62.8 Å². The predicted molar refractivity (Wildman–Crippen MR) is 236 cm³/mol. The summed E-state index contributed by atoms with van der Waals surface area (Å²) in [5.41, 5.74) is 16.5. The van der Waals surface area contributed by atoms with Crippen LogP contribution in [0.4, 0.5) is 17.8 Å². The molecule has 61 heavy (non-hydrogen) atoms. The number of hydrogen-bond acceptors (Lipinski definition) is 18. The molecule has 27 heteroatoms. The maximum atomic E-state index is 13.8. The van der Waals surface area contributed by atoms with Crippen molar-refractivity contribution in [2.75, 3.05) is 84.9 Å². The van der Waals surface area contributed by atoms with E-state index >= 15 is 0 Å². The number of nitrogen functional groups attached to an aromatic ring is 3. The molecule has 0 aliphatic heterocycles. The molecule has 0 saturated heterocycles. The van der Waals surface area contributed by atoms with Gasteiger partial charge in [-0.25, -0.2) is 15.0 Å². The monoisotopic (exact) mass is 896 g/mol. The van der Waals surface area contributed by atoms with Crippen LogP contribution in [-0.4, -0.2) is 159 Å². The standard InChI is InChI=1S/C34H44N18O6S3/c1-3-47(20(53)14-50-17-38-23-26(50)41-32(35)44-29(23)56)5-10-60-12-7-49(22(55)16-52-19-40-25-28(52)43-34(37)46-31(25)58)8-13-61-11-6-48(4-9-59-2)21(54)15-51-18-39-24-27(51)42-33(36)45-30(24)57/h3,17-19H,1,4-16H2,2H3,(H3,35,41,44,56)(H3,36,42,45,57)(H3,37,43,46,58). The minimum atomic E-state index is -0.513. The van der Waals surface area contributed by atoms with Crippen LogP contribution in [0.3, 0.4) is 0 Å². The van der Waals surface area contributed by atoms with Gasteiger partial charge in [0, 0.05) is 61.5 Å². The van der Waals surface area contributed by atoms with E-state index in [0.29, 0.717) is 55.7 Å². The van der Waals surface area contributed by atoms with Gasteiger partial charge in [0.25, 0.3) is 16.7 Å². The van der Waals surface area contributed by atoms with Crippen molar-refractivity contribution in [2.24, 2.45) is 0 Å². The number of hydrogen-bond donors (Lipinski definition) is 6. The highest BCUT2D eigenvalue weighted by molar-refractivity contribution is 7.99. The quantitative estimate of drug-likeness (QED) is 0.0426. The number of carbonyl (C=O) groups is 3. The number of thioether (sulfide) groups is 3. The molecule has 0 aliphatic rings. The smallest absolute Gasteiger partial charge is 0.280 e. The van der Waals surface area contributed by atoms with Gasteiger partial charge in [0.2, 0.25) is 35.6 Å². The van der Waals surface area contributed by atoms with Crippen LogP contribution in [0.1, 0.15) is 0 Å². The molecule has 0 atom stereocenters. The Balaban J connectivity index is 1.04. The number of nitrogens with one attached hydrogen (secondary N) is 3. The maximum absolute atomic E-state index is 13.8. The zero-order chi connectivity index (χ0) is 43.6. The van der Waals surface area contributed by atoms with Crippen LogP contribution in [0.5, 0.6) is 0 Å². The van der Waals surface area contributed by atoms with Crippen molar-refractivity contribution in [1.29, 1.82) is 0 Å². The van der Waals surface area contributed by atoms with E-state index in [1.165, 1.54) is 55.5 Å². The number of nitrogens with zero attached hydrogens (tertiary/aromatic N) is 12. The number of fused-ring (bicyclic) bond motifs is 3. The molecule has 0 fully saturated rings. The zero-order valence-corrected chi connectivity index (χ0v) is 35.4. The molecule has 6 aromatic rings. The van der Waals surface area contributed by atoms with E-state index in [4.69, 9.17) is 17.2 Å². The van der Waals surface area contributed by atoms with E-state index in [2.05, 4.69) is 51.4 Å². The summed E-state index contributed by atoms with van der Waals surface area (Å²) in [5.74, 6) is 1.96. The fraction of sp³-hybridized carbons (Fsp3) is 0.412. The third kappa shape index (κ3) is 10.9. The van der Waals surface area contributed by atoms with Crippen molar-refractivity contribution >= 4 is 104 Å². The summed E-state index contributed by atoms with van der Waals surface area (Å²) in [6.07, 6.45) is 7.50. The lowest BCUT2D eigenvalue weighted by Gasteiger charge is -2.24. The second-order valence-electron chi connectivity index (χ2n) is 13.2. The molecule has 0 aliphatic carbocycles. The van der Waals surface area contributed by atoms with Gasteiger partial charge in [0.1, 0.15) is 19.6 Å². The summed E-state index contributed by atoms with van der Waals surface area (Å²) < 4.78 is 4.42. The lowest BCUT2D eigenvalue weighted by molar-refractivity contribution is -0.132. The molecule has 3 amide bonds. The Morgan fingerprint density at radius 2 is 0.951 bits per heavy atom. The van der Waals surface area contributed by atoms with E-state index in [0.717, 1.165) is 5.75 Å². The van der Waals surface area contributed by atoms with Crippen LogP contribution in [0.2, 0.25) is 0 Å². The second kappa shape index (κ2) is 20.3. The lowest BCUT2D eigenvalue weighted by Crippen LogP contribution is -2.38. The summed E-state index contributed by atoms with van der Waals surface area (Å²) in [7, 11) is 0. The first-order valence-electron chi connectivity index (χ1n) is 18.6. The Morgan fingerprint density at radius 3 is 1.31 bits per heavy atom. The zero-order valence-electron chi connectivity index (χ0n) is 33.0. The van der Waals surface area contributed by atoms with Gasteiger partial charge in [-0.1, -0.05) is 6.58 Å². The van der Waals surface area contributed by atoms with E-state index in [1.54, 1.807) is 33.3 Å². The van der Waals surface area contributed by atoms with Crippen LogP contribution >= 0.6 is 35.3 Å². The molecule has 0 aromatic carbocycles. The highest BCUT2D eigenvalue weighted by Gasteiger charge is 2.21. The van der Waals surface area contributed by atoms with Gasteiger partial charge in [0.15, 0.2) is 33.5 Å². The van der Waals surface area contributed by atoms with Crippen LogP contribution < -0.4 is 33.9 Å². The van der Waals surface area contributed by atoms with Gasteiger partial charge in [-0.15, -0.1) is 0 Å². The highest BCUT2D eigenvalue weighted by atomic mass is 32.2. The Hall–Kier alpha value is -6.35. The molecular weight excluding hydrogens is 853 g/mol. The van der Waals surface area contributed by atoms with E-state index in [9.17, 15) is 28.8 Å². The Kier molecular flexibility index (Phi) is 14.7. The van der Waals surface area contributed by atoms with Gasteiger partial charge in [-0.05, 0) is 12.5 Å². The first kappa shape index (κ1) is 44.2. The molecule has 24 nitrogen and oxygen atoms in total. The summed E-state index contributed by atoms with van der Waals surface area (Å²) in [6, 6.07) is 0. The topological polar surface area (TPSA) is 330 Å². The number of nitrogens with two attached hydrogens (primary N) is 3. The Morgan fingerprint density at radius 1 is 0.607 bits per heavy atom. The second-order valence-corrected chi connectivity index (χ2v) is 16.7. The molecule has 0 unspecified atom stereocenters. The molecule has 6 aromatic heterocycles. The average Bonchev–Trinajstić information content (AvgIpc) is 3.93. The van der Waals surface area contributed by atoms with Crippen molar-refractivity contribution in [3.63, 3.8) is 0 Å². The fourth-order valence-electron chi connectivity index (χ4n) is 6.12. The molecule has 6 rings (SSSR count). The molecule has 0 radical (unpaired) electrons. The van der Waals surface area contributed by atoms with Gasteiger partial charge >= 0.3 is 0 Å². The summed E-state index contributed by atoms with van der Waals surface area (Å²) in [4.78, 5) is 114. The van der Waals surface area contributed by atoms with E-state index in [-0.39, 0.29) is 88.7 Å². The normalized spacial score (nSPS) is 11.4. The lowest BCUT2D eigenvalue weighted by atomic mass is 10.4. The molecular formula is C34H44N18O6S3. The molecule has 6 heterocycles. The van der Waals surface area contributed by atoms with E-state index < -0.39 is 16.7 Å². The number of H-pyrrole nitrogens is 3. The minimum absolute atomic E-state index is 0.0621. The SMILES string of the molecule is C=CN(CCSCCN(CCSCCN(CCSC)C(=O)Cn1cnc2c(=O)[nH]c(N)nc21)C(=O)Cn1cnc2c(=O)[nH]c(N)nc21)C(=O)Cn1cnc2c(=O)[nH]c(N)nc21. The number of amides is 3. The van der Waals surface area contributed by atoms with Gasteiger partial charge < -0.3 is 45.6 Å². The number of rotatable bonds is 22. The third-order valence-electron chi connectivity index (χ3n) is 9.20. The molecule has 9 N–H and O–H groups in total. The summed E-state index contributed by atoms with van der Waals surface area (Å²) in [5, 5.41) is 0. The van der Waals surface area contributed by atoms with Crippen molar-refractivity contribution in [3.8, 4) is 0 Å². The Bertz CT molecular complexity index is 2720. The maximum Gasteiger partial charge on any atom is 0.280 e. The van der Waals surface area contributed by atoms with Crippen molar-refractivity contribution in [1.82, 2.24) is 73.3 Å². The van der Waals surface area contributed by atoms with Crippen LogP contribution in [0.15, 0.2) is 46.1 Å². The fourth-order valence-corrected chi connectivity index (χ4v) is 8.31. The first-order chi connectivity index (χ1) is 29.4. The van der Waals surface area contributed by atoms with Crippen LogP contribution in [0, 0.1) is 0 Å². The number of carbonyl (C=O) groups excluding carboxylic acids is 3. The highest BCUT2D eigenvalue weighted by Crippen LogP contribution is 2.13. The summed E-state index contributed by atoms with van der Waals surface area (Å²) in [6.45, 7) is 5.46. The van der Waals surface area contributed by atoms with Crippen molar-refractivity contribution < 1.29 is 14.4 Å². The van der Waals surface area contributed by atoms with Crippen LogP contribution in [0.25, 0.3) is 33.5 Å². The van der Waals surface area contributed by atoms with Crippen molar-refractivity contribution in [2.45, 2.75) is 19.6 Å². The number of anilines is 3. The molecule has 0 spiro atoms. The summed E-state index contributed by atoms with van der Waals surface area (Å²) >= 11 is 4.73. The van der Waals surface area contributed by atoms with Gasteiger partial charge in [0.05, 0.1) is 19.0 Å². The number of aromatic nitrogens is 12. The Labute approximate surface area is 358 Å². The molecule has 0 saturated carbocycles. The predicted octanol–water partition coefficient (Wildman–Crippen LogP) is -1.41. The average molecular weight is 897 g/mol. The molecule has 324 valence electrons. The van der Waals surface area contributed by atoms with E-state index in [1.807, 2.05) is 6.26 Å². The minimum Gasteiger partial charge on any atom is -0.369 e. The first-order valence-corrected chi connectivity index (χ1v) is 22.3. The largest absolute Gasteiger partial charge is 0.369 e. The number of aromatic amines is 3. The van der Waals surface area contributed by atoms with Gasteiger partial charge in [-0.3, -0.25) is 43.7 Å². The number of imidazole rings is 3. The third-order valence-corrected chi connectivity index (χ3v) is 11.7. The molecule has 0 bridgehead atoms. The van der Waals surface area contributed by atoms with Crippen LogP contribution in [-0.2, 0) is 34.0 Å².